The van der Waals surface area contributed by atoms with Crippen molar-refractivity contribution in [1.29, 1.82) is 0 Å². The minimum absolute atomic E-state index is 0.0866. The van der Waals surface area contributed by atoms with Gasteiger partial charge in [-0.25, -0.2) is 9.78 Å². The lowest BCUT2D eigenvalue weighted by molar-refractivity contribution is 0.0679. The van der Waals surface area contributed by atoms with E-state index in [1.165, 1.54) is 4.57 Å². The van der Waals surface area contributed by atoms with Crippen LogP contribution in [0.1, 0.15) is 71.0 Å². The van der Waals surface area contributed by atoms with Crippen molar-refractivity contribution >= 4 is 11.2 Å². The summed E-state index contributed by atoms with van der Waals surface area (Å²) in [5.74, 6) is 1.16. The van der Waals surface area contributed by atoms with Crippen molar-refractivity contribution < 1.29 is 5.11 Å². The van der Waals surface area contributed by atoms with Gasteiger partial charge in [0.25, 0.3) is 5.56 Å². The zero-order valence-electron chi connectivity index (χ0n) is 16.3. The molecule has 0 saturated heterocycles. The van der Waals surface area contributed by atoms with E-state index in [-0.39, 0.29) is 22.8 Å². The molecule has 2 aromatic heterocycles. The van der Waals surface area contributed by atoms with E-state index in [4.69, 9.17) is 4.98 Å². The molecule has 2 bridgehead atoms. The number of unbranched alkanes of at least 4 members (excludes halogenated alkanes) is 1. The second kappa shape index (κ2) is 6.93. The van der Waals surface area contributed by atoms with Crippen LogP contribution in [0.2, 0.25) is 0 Å². The number of nitrogens with one attached hydrogen (secondary N) is 1. The van der Waals surface area contributed by atoms with Crippen LogP contribution in [-0.2, 0) is 18.5 Å². The van der Waals surface area contributed by atoms with E-state index >= 15 is 0 Å². The molecule has 0 spiro atoms. The Kier molecular flexibility index (Phi) is 4.74. The highest BCUT2D eigenvalue weighted by atomic mass is 16.3. The number of aryl methyl sites for hydroxylation is 1. The van der Waals surface area contributed by atoms with Gasteiger partial charge in [0.15, 0.2) is 5.65 Å². The standard InChI is InChI=1S/C20H30N4O3/c1-3-5-11-24-17(26)15-16(23(10-4-2)19(24)27)22-18(21-15)20-8-6-13(12-20)14(25)7-9-20/h13-14,25H,3-12H2,1-2H3,(H,21,22). The molecule has 7 heteroatoms. The Balaban J connectivity index is 1.86. The SMILES string of the molecule is CCCCn1c(=O)c2[nH]c(C34CCC(O)C(CC3)C4)nc2n(CCC)c1=O. The minimum atomic E-state index is -0.253. The Labute approximate surface area is 158 Å². The maximum Gasteiger partial charge on any atom is 0.332 e. The second-order valence-electron chi connectivity index (χ2n) is 8.42. The number of imidazole rings is 1. The number of aromatic nitrogens is 4. The second-order valence-corrected chi connectivity index (χ2v) is 8.42. The molecule has 3 atom stereocenters. The molecular formula is C20H30N4O3. The molecule has 148 valence electrons. The van der Waals surface area contributed by atoms with Crippen molar-refractivity contribution in [3.05, 3.63) is 26.7 Å². The maximum atomic E-state index is 13.0. The summed E-state index contributed by atoms with van der Waals surface area (Å²) in [6.07, 6.45) is 6.89. The topological polar surface area (TPSA) is 92.9 Å². The number of rotatable bonds is 6. The molecule has 2 saturated carbocycles. The van der Waals surface area contributed by atoms with Gasteiger partial charge in [-0.1, -0.05) is 20.3 Å². The third-order valence-corrected chi connectivity index (χ3v) is 6.66. The first kappa shape index (κ1) is 18.5. The number of aromatic amines is 1. The largest absolute Gasteiger partial charge is 0.393 e. The van der Waals surface area contributed by atoms with Crippen LogP contribution >= 0.6 is 0 Å². The Hall–Kier alpha value is -1.89. The first-order chi connectivity index (χ1) is 13.0. The van der Waals surface area contributed by atoms with E-state index in [2.05, 4.69) is 11.9 Å². The molecule has 2 fully saturated rings. The van der Waals surface area contributed by atoms with Crippen molar-refractivity contribution in [3.63, 3.8) is 0 Å². The van der Waals surface area contributed by atoms with Crippen LogP contribution < -0.4 is 11.2 Å². The smallest absolute Gasteiger partial charge is 0.332 e. The molecule has 0 aromatic carbocycles. The number of fused-ring (bicyclic) bond motifs is 3. The fourth-order valence-corrected chi connectivity index (χ4v) is 5.07. The highest BCUT2D eigenvalue weighted by Crippen LogP contribution is 2.52. The third-order valence-electron chi connectivity index (χ3n) is 6.66. The van der Waals surface area contributed by atoms with E-state index in [0.717, 1.165) is 57.2 Å². The van der Waals surface area contributed by atoms with Crippen LogP contribution in [-0.4, -0.2) is 30.3 Å². The van der Waals surface area contributed by atoms with Crippen molar-refractivity contribution in [2.45, 2.75) is 89.8 Å². The summed E-state index contributed by atoms with van der Waals surface area (Å²) in [7, 11) is 0. The maximum absolute atomic E-state index is 13.0. The van der Waals surface area contributed by atoms with E-state index in [1.54, 1.807) is 4.57 Å². The van der Waals surface area contributed by atoms with Crippen LogP contribution in [0.15, 0.2) is 9.59 Å². The van der Waals surface area contributed by atoms with E-state index in [0.29, 0.717) is 30.2 Å². The van der Waals surface area contributed by atoms with Gasteiger partial charge in [0.2, 0.25) is 0 Å². The first-order valence-corrected chi connectivity index (χ1v) is 10.4. The van der Waals surface area contributed by atoms with Crippen molar-refractivity contribution in [1.82, 2.24) is 19.1 Å². The molecule has 27 heavy (non-hydrogen) atoms. The van der Waals surface area contributed by atoms with Crippen LogP contribution in [0, 0.1) is 5.92 Å². The zero-order chi connectivity index (χ0) is 19.2. The quantitative estimate of drug-likeness (QED) is 0.811. The van der Waals surface area contributed by atoms with Gasteiger partial charge in [-0.05, 0) is 50.9 Å². The molecule has 4 rings (SSSR count). The van der Waals surface area contributed by atoms with Crippen LogP contribution in [0.3, 0.4) is 0 Å². The fourth-order valence-electron chi connectivity index (χ4n) is 5.07. The van der Waals surface area contributed by atoms with Gasteiger partial charge in [0, 0.05) is 18.5 Å². The number of hydrogen-bond donors (Lipinski definition) is 2. The molecular weight excluding hydrogens is 344 g/mol. The van der Waals surface area contributed by atoms with Gasteiger partial charge < -0.3 is 10.1 Å². The first-order valence-electron chi connectivity index (χ1n) is 10.4. The summed E-state index contributed by atoms with van der Waals surface area (Å²) in [6.45, 7) is 5.08. The molecule has 0 radical (unpaired) electrons. The van der Waals surface area contributed by atoms with Gasteiger partial charge in [-0.2, -0.15) is 0 Å². The van der Waals surface area contributed by atoms with E-state index < -0.39 is 0 Å². The van der Waals surface area contributed by atoms with Crippen molar-refractivity contribution in [2.75, 3.05) is 0 Å². The monoisotopic (exact) mass is 374 g/mol. The molecule has 7 nitrogen and oxygen atoms in total. The predicted octanol–water partition coefficient (Wildman–Crippen LogP) is 2.29. The van der Waals surface area contributed by atoms with Crippen molar-refractivity contribution in [2.24, 2.45) is 5.92 Å². The normalized spacial score (nSPS) is 27.5. The Morgan fingerprint density at radius 1 is 1.15 bits per heavy atom. The fraction of sp³-hybridized carbons (Fsp3) is 0.750. The number of aliphatic hydroxyl groups is 1. The lowest BCUT2D eigenvalue weighted by Gasteiger charge is -2.33. The molecule has 2 heterocycles. The summed E-state index contributed by atoms with van der Waals surface area (Å²) in [5.41, 5.74) is 0.367. The summed E-state index contributed by atoms with van der Waals surface area (Å²) < 4.78 is 3.02. The van der Waals surface area contributed by atoms with Gasteiger partial charge in [-0.15, -0.1) is 0 Å². The van der Waals surface area contributed by atoms with Crippen LogP contribution in [0.25, 0.3) is 11.2 Å². The number of H-pyrrole nitrogens is 1. The predicted molar refractivity (Wildman–Crippen MR) is 104 cm³/mol. The summed E-state index contributed by atoms with van der Waals surface area (Å²) in [5, 5.41) is 10.2. The summed E-state index contributed by atoms with van der Waals surface area (Å²) >= 11 is 0. The van der Waals surface area contributed by atoms with Gasteiger partial charge >= 0.3 is 5.69 Å². The van der Waals surface area contributed by atoms with Crippen LogP contribution in [0.4, 0.5) is 0 Å². The Bertz CT molecular complexity index is 957. The van der Waals surface area contributed by atoms with Crippen LogP contribution in [0.5, 0.6) is 0 Å². The Morgan fingerprint density at radius 2 is 1.93 bits per heavy atom. The van der Waals surface area contributed by atoms with E-state index in [9.17, 15) is 14.7 Å². The van der Waals surface area contributed by atoms with E-state index in [1.807, 2.05) is 6.92 Å². The molecule has 2 aromatic rings. The van der Waals surface area contributed by atoms with Gasteiger partial charge in [0.05, 0.1) is 6.10 Å². The molecule has 0 amide bonds. The molecule has 0 aliphatic heterocycles. The van der Waals surface area contributed by atoms with Gasteiger partial charge in [-0.3, -0.25) is 13.9 Å². The highest BCUT2D eigenvalue weighted by molar-refractivity contribution is 5.70. The molecule has 2 aliphatic carbocycles. The summed E-state index contributed by atoms with van der Waals surface area (Å²) in [4.78, 5) is 34.1. The number of hydrogen-bond acceptors (Lipinski definition) is 4. The molecule has 2 aliphatic rings. The lowest BCUT2D eigenvalue weighted by Crippen LogP contribution is -2.40. The molecule has 3 unspecified atom stereocenters. The number of nitrogens with zero attached hydrogens (tertiary/aromatic N) is 3. The minimum Gasteiger partial charge on any atom is -0.393 e. The average Bonchev–Trinajstić information content (AvgIpc) is 3.26. The zero-order valence-corrected chi connectivity index (χ0v) is 16.3. The third kappa shape index (κ3) is 2.87. The van der Waals surface area contributed by atoms with Gasteiger partial charge in [0.1, 0.15) is 11.3 Å². The highest BCUT2D eigenvalue weighted by Gasteiger charge is 2.48. The average molecular weight is 374 g/mol. The Morgan fingerprint density at radius 3 is 2.67 bits per heavy atom. The molecule has 2 N–H and O–H groups in total. The lowest BCUT2D eigenvalue weighted by atomic mass is 9.74. The van der Waals surface area contributed by atoms with Crippen molar-refractivity contribution in [3.8, 4) is 0 Å². The summed E-state index contributed by atoms with van der Waals surface area (Å²) in [6, 6.07) is 0. The number of aliphatic hydroxyl groups excluding tert-OH is 1.